The van der Waals surface area contributed by atoms with Crippen molar-refractivity contribution in [1.29, 1.82) is 0 Å². The van der Waals surface area contributed by atoms with Crippen LogP contribution in [0.1, 0.15) is 21.6 Å². The number of pyridine rings is 1. The van der Waals surface area contributed by atoms with Crippen molar-refractivity contribution in [2.75, 3.05) is 5.32 Å². The minimum atomic E-state index is -5.00. The lowest BCUT2D eigenvalue weighted by atomic mass is 10.1. The summed E-state index contributed by atoms with van der Waals surface area (Å²) in [5.41, 5.74) is -1.89. The van der Waals surface area contributed by atoms with Gasteiger partial charge in [-0.25, -0.2) is 9.78 Å². The second-order valence-corrected chi connectivity index (χ2v) is 6.20. The van der Waals surface area contributed by atoms with Crippen LogP contribution in [0.15, 0.2) is 30.5 Å². The third-order valence-corrected chi connectivity index (χ3v) is 4.11. The van der Waals surface area contributed by atoms with E-state index in [4.69, 9.17) is 0 Å². The molecule has 13 heteroatoms. The van der Waals surface area contributed by atoms with Gasteiger partial charge in [0.05, 0.1) is 16.2 Å². The number of alkyl halides is 3. The molecule has 0 radical (unpaired) electrons. The predicted octanol–water partition coefficient (Wildman–Crippen LogP) is 3.17. The first-order valence-corrected chi connectivity index (χ1v) is 8.24. The summed E-state index contributed by atoms with van der Waals surface area (Å²) in [6.07, 6.45) is -3.78. The van der Waals surface area contributed by atoms with Gasteiger partial charge in [0.25, 0.3) is 11.6 Å². The highest BCUT2D eigenvalue weighted by molar-refractivity contribution is 6.08. The molecule has 0 fully saturated rings. The standard InChI is InChI=1S/C17H13F3N6O4/c1-8-11-5-9(7-21-14(11)25(2)24-8)15(27)23-16(28)22-10-3-4-13(26(29)30)12(6-10)17(18,19)20/h3-7H,1-2H3,(H2,22,23,27,28). The van der Waals surface area contributed by atoms with E-state index in [1.54, 1.807) is 14.0 Å². The van der Waals surface area contributed by atoms with Gasteiger partial charge < -0.3 is 5.32 Å². The zero-order valence-corrected chi connectivity index (χ0v) is 15.4. The molecule has 0 unspecified atom stereocenters. The van der Waals surface area contributed by atoms with Gasteiger partial charge in [-0.3, -0.25) is 24.9 Å². The second-order valence-electron chi connectivity index (χ2n) is 6.20. The first-order valence-electron chi connectivity index (χ1n) is 8.24. The van der Waals surface area contributed by atoms with Gasteiger partial charge in [-0.15, -0.1) is 0 Å². The molecule has 2 aromatic heterocycles. The van der Waals surface area contributed by atoms with E-state index in [9.17, 15) is 32.9 Å². The van der Waals surface area contributed by atoms with Crippen molar-refractivity contribution in [1.82, 2.24) is 20.1 Å². The Balaban J connectivity index is 1.78. The number of nitro groups is 1. The van der Waals surface area contributed by atoms with E-state index in [-0.39, 0.29) is 11.3 Å². The summed E-state index contributed by atoms with van der Waals surface area (Å²) in [6, 6.07) is 2.30. The van der Waals surface area contributed by atoms with Crippen molar-refractivity contribution in [3.8, 4) is 0 Å². The number of benzene rings is 1. The lowest BCUT2D eigenvalue weighted by molar-refractivity contribution is -0.388. The highest BCUT2D eigenvalue weighted by Gasteiger charge is 2.38. The van der Waals surface area contributed by atoms with E-state index in [2.05, 4.69) is 10.1 Å². The summed E-state index contributed by atoms with van der Waals surface area (Å²) in [6.45, 7) is 1.71. The molecule has 0 aliphatic heterocycles. The van der Waals surface area contributed by atoms with Gasteiger partial charge in [-0.05, 0) is 25.1 Å². The van der Waals surface area contributed by atoms with Crippen LogP contribution in [0.3, 0.4) is 0 Å². The summed E-state index contributed by atoms with van der Waals surface area (Å²) in [4.78, 5) is 38.0. The number of carbonyl (C=O) groups is 2. The van der Waals surface area contributed by atoms with E-state index in [0.717, 1.165) is 6.07 Å². The molecule has 2 heterocycles. The van der Waals surface area contributed by atoms with Crippen LogP contribution in [0.2, 0.25) is 0 Å². The van der Waals surface area contributed by atoms with Gasteiger partial charge in [0, 0.05) is 30.4 Å². The Kier molecular flexibility index (Phi) is 5.12. The Labute approximate surface area is 165 Å². The fourth-order valence-corrected chi connectivity index (χ4v) is 2.77. The summed E-state index contributed by atoms with van der Waals surface area (Å²) in [5.74, 6) is -0.844. The van der Waals surface area contributed by atoms with Crippen molar-refractivity contribution >= 4 is 34.3 Å². The van der Waals surface area contributed by atoms with E-state index in [0.29, 0.717) is 28.9 Å². The Hall–Kier alpha value is -4.03. The first kappa shape index (κ1) is 20.7. The van der Waals surface area contributed by atoms with Crippen LogP contribution in [0.5, 0.6) is 0 Å². The van der Waals surface area contributed by atoms with E-state index < -0.39 is 34.3 Å². The van der Waals surface area contributed by atoms with Gasteiger partial charge in [-0.1, -0.05) is 0 Å². The van der Waals surface area contributed by atoms with Crippen molar-refractivity contribution in [2.45, 2.75) is 13.1 Å². The quantitative estimate of drug-likeness (QED) is 0.492. The number of aromatic nitrogens is 3. The van der Waals surface area contributed by atoms with Crippen LogP contribution in [0.4, 0.5) is 29.3 Å². The molecule has 0 atom stereocenters. The Morgan fingerprint density at radius 3 is 2.57 bits per heavy atom. The number of rotatable bonds is 3. The van der Waals surface area contributed by atoms with Crippen LogP contribution >= 0.6 is 0 Å². The fraction of sp³-hybridized carbons (Fsp3) is 0.176. The van der Waals surface area contributed by atoms with Crippen LogP contribution in [-0.2, 0) is 13.2 Å². The monoisotopic (exact) mass is 422 g/mol. The minimum absolute atomic E-state index is 0.0356. The van der Waals surface area contributed by atoms with Gasteiger partial charge in [0.15, 0.2) is 5.65 Å². The van der Waals surface area contributed by atoms with E-state index >= 15 is 0 Å². The molecule has 0 saturated carbocycles. The fourth-order valence-electron chi connectivity index (χ4n) is 2.77. The average molecular weight is 422 g/mol. The molecular formula is C17H13F3N6O4. The van der Waals surface area contributed by atoms with Crippen LogP contribution < -0.4 is 10.6 Å². The maximum atomic E-state index is 13.0. The molecule has 0 spiro atoms. The van der Waals surface area contributed by atoms with E-state index in [1.165, 1.54) is 16.9 Å². The number of carbonyl (C=O) groups excluding carboxylic acids is 2. The zero-order chi connectivity index (χ0) is 22.2. The molecule has 0 saturated heterocycles. The molecule has 156 valence electrons. The van der Waals surface area contributed by atoms with Crippen molar-refractivity contribution in [3.05, 3.63) is 57.4 Å². The van der Waals surface area contributed by atoms with Crippen molar-refractivity contribution in [2.24, 2.45) is 7.05 Å². The number of anilines is 1. The Morgan fingerprint density at radius 1 is 1.23 bits per heavy atom. The number of halogens is 3. The average Bonchev–Trinajstić information content (AvgIpc) is 2.94. The predicted molar refractivity (Wildman–Crippen MR) is 97.8 cm³/mol. The molecule has 0 aliphatic rings. The molecule has 2 N–H and O–H groups in total. The number of nitrogens with one attached hydrogen (secondary N) is 2. The van der Waals surface area contributed by atoms with Crippen molar-refractivity contribution < 1.29 is 27.7 Å². The molecule has 1 aromatic carbocycles. The minimum Gasteiger partial charge on any atom is -0.308 e. The van der Waals surface area contributed by atoms with Gasteiger partial charge in [-0.2, -0.15) is 18.3 Å². The maximum absolute atomic E-state index is 13.0. The number of urea groups is 1. The smallest absolute Gasteiger partial charge is 0.308 e. The summed E-state index contributed by atoms with van der Waals surface area (Å²) in [7, 11) is 1.68. The number of nitrogens with zero attached hydrogens (tertiary/aromatic N) is 4. The summed E-state index contributed by atoms with van der Waals surface area (Å²) < 4.78 is 40.6. The first-order chi connectivity index (χ1) is 14.0. The third kappa shape index (κ3) is 4.04. The number of aryl methyl sites for hydroxylation is 2. The van der Waals surface area contributed by atoms with Gasteiger partial charge in [0.1, 0.15) is 5.56 Å². The van der Waals surface area contributed by atoms with Crippen LogP contribution in [0.25, 0.3) is 11.0 Å². The highest BCUT2D eigenvalue weighted by Crippen LogP contribution is 2.37. The Bertz CT molecular complexity index is 1190. The molecule has 0 aliphatic carbocycles. The number of hydrogen-bond acceptors (Lipinski definition) is 6. The number of amides is 3. The normalized spacial score (nSPS) is 11.4. The van der Waals surface area contributed by atoms with Gasteiger partial charge >= 0.3 is 12.2 Å². The van der Waals surface area contributed by atoms with E-state index in [1.807, 2.05) is 10.6 Å². The molecule has 30 heavy (non-hydrogen) atoms. The second kappa shape index (κ2) is 7.42. The molecule has 0 bridgehead atoms. The SMILES string of the molecule is Cc1nn(C)c2ncc(C(=O)NC(=O)Nc3ccc([N+](=O)[O-])c(C(F)(F)F)c3)cc12. The molecule has 3 amide bonds. The lowest BCUT2D eigenvalue weighted by Gasteiger charge is -2.11. The molecule has 3 rings (SSSR count). The topological polar surface area (TPSA) is 132 Å². The molecule has 10 nitrogen and oxygen atoms in total. The largest absolute Gasteiger partial charge is 0.423 e. The van der Waals surface area contributed by atoms with Crippen LogP contribution in [0, 0.1) is 17.0 Å². The number of hydrogen-bond donors (Lipinski definition) is 2. The lowest BCUT2D eigenvalue weighted by Crippen LogP contribution is -2.34. The molecular weight excluding hydrogens is 409 g/mol. The van der Waals surface area contributed by atoms with Crippen molar-refractivity contribution in [3.63, 3.8) is 0 Å². The third-order valence-electron chi connectivity index (χ3n) is 4.11. The molecule has 3 aromatic rings. The summed E-state index contributed by atoms with van der Waals surface area (Å²) >= 11 is 0. The zero-order valence-electron chi connectivity index (χ0n) is 15.4. The van der Waals surface area contributed by atoms with Gasteiger partial charge in [0.2, 0.25) is 0 Å². The number of imide groups is 1. The maximum Gasteiger partial charge on any atom is 0.423 e. The van der Waals surface area contributed by atoms with Crippen LogP contribution in [-0.4, -0.2) is 31.6 Å². The summed E-state index contributed by atoms with van der Waals surface area (Å²) in [5, 5.41) is 19.5. The highest BCUT2D eigenvalue weighted by atomic mass is 19.4. The number of fused-ring (bicyclic) bond motifs is 1. The Morgan fingerprint density at radius 2 is 1.93 bits per heavy atom. The number of nitro benzene ring substituents is 1.